The number of rotatable bonds is 6. The molecule has 21 heavy (non-hydrogen) atoms. The van der Waals surface area contributed by atoms with E-state index in [-0.39, 0.29) is 5.91 Å². The van der Waals surface area contributed by atoms with E-state index in [4.69, 9.17) is 5.73 Å². The fourth-order valence-electron chi connectivity index (χ4n) is 2.42. The minimum atomic E-state index is -0.0261. The van der Waals surface area contributed by atoms with Crippen molar-refractivity contribution >= 4 is 5.91 Å². The Hall–Kier alpha value is -1.47. The number of hydrogen-bond acceptors (Lipinski definition) is 5. The molecule has 7 nitrogen and oxygen atoms in total. The molecule has 1 saturated heterocycles. The van der Waals surface area contributed by atoms with E-state index in [2.05, 4.69) is 29.1 Å². The van der Waals surface area contributed by atoms with Gasteiger partial charge in [0.25, 0.3) is 5.91 Å². The molecule has 0 aromatic carbocycles. The average molecular weight is 294 g/mol. The molecule has 1 fully saturated rings. The maximum Gasteiger partial charge on any atom is 0.276 e. The van der Waals surface area contributed by atoms with Crippen LogP contribution in [0.15, 0.2) is 6.20 Å². The van der Waals surface area contributed by atoms with Crippen LogP contribution in [0.1, 0.15) is 30.8 Å². The summed E-state index contributed by atoms with van der Waals surface area (Å²) in [5.74, 6) is 0.698. The van der Waals surface area contributed by atoms with E-state index in [1.807, 2.05) is 4.90 Å². The zero-order valence-corrected chi connectivity index (χ0v) is 13.0. The van der Waals surface area contributed by atoms with Gasteiger partial charge in [-0.2, -0.15) is 0 Å². The molecular formula is C14H26N6O. The summed E-state index contributed by atoms with van der Waals surface area (Å²) in [5, 5.41) is 7.86. The first kappa shape index (κ1) is 15.9. The highest BCUT2D eigenvalue weighted by Crippen LogP contribution is 2.09. The van der Waals surface area contributed by atoms with Crippen molar-refractivity contribution in [2.75, 3.05) is 39.3 Å². The summed E-state index contributed by atoms with van der Waals surface area (Å²) >= 11 is 0. The van der Waals surface area contributed by atoms with Crippen molar-refractivity contribution in [3.05, 3.63) is 11.9 Å². The summed E-state index contributed by atoms with van der Waals surface area (Å²) < 4.78 is 1.62. The van der Waals surface area contributed by atoms with Gasteiger partial charge in [0.15, 0.2) is 5.69 Å². The molecule has 0 atom stereocenters. The van der Waals surface area contributed by atoms with Gasteiger partial charge in [0.05, 0.1) is 12.7 Å². The van der Waals surface area contributed by atoms with Crippen molar-refractivity contribution in [2.24, 2.45) is 11.7 Å². The van der Waals surface area contributed by atoms with Crippen LogP contribution >= 0.6 is 0 Å². The number of hydrogen-bond donors (Lipinski definition) is 1. The first-order valence-corrected chi connectivity index (χ1v) is 7.72. The normalized spacial score (nSPS) is 16.7. The zero-order valence-electron chi connectivity index (χ0n) is 13.0. The molecule has 118 valence electrons. The van der Waals surface area contributed by atoms with Crippen LogP contribution in [0.3, 0.4) is 0 Å². The number of aromatic nitrogens is 3. The topological polar surface area (TPSA) is 80.3 Å². The lowest BCUT2D eigenvalue weighted by molar-refractivity contribution is 0.0626. The van der Waals surface area contributed by atoms with Crippen molar-refractivity contribution in [2.45, 2.75) is 26.8 Å². The van der Waals surface area contributed by atoms with Gasteiger partial charge in [-0.25, -0.2) is 0 Å². The fraction of sp³-hybridized carbons (Fsp3) is 0.786. The standard InChI is InChI=1S/C14H26N6O/c1-12(2)3-5-18-7-9-19(10-8-18)14(21)13-11-20(6-4-15)17-16-13/h11-12H,3-10,15H2,1-2H3. The van der Waals surface area contributed by atoms with Crippen LogP contribution in [0.5, 0.6) is 0 Å². The minimum absolute atomic E-state index is 0.0261. The van der Waals surface area contributed by atoms with Crippen LogP contribution in [-0.2, 0) is 6.54 Å². The van der Waals surface area contributed by atoms with Crippen LogP contribution in [0.25, 0.3) is 0 Å². The molecule has 0 unspecified atom stereocenters. The maximum atomic E-state index is 12.4. The van der Waals surface area contributed by atoms with E-state index in [0.717, 1.165) is 38.6 Å². The highest BCUT2D eigenvalue weighted by Gasteiger charge is 2.23. The average Bonchev–Trinajstić information content (AvgIpc) is 2.94. The summed E-state index contributed by atoms with van der Waals surface area (Å²) in [5.41, 5.74) is 5.88. The Kier molecular flexibility index (Phi) is 5.69. The molecule has 1 aliphatic rings. The third kappa shape index (κ3) is 4.50. The van der Waals surface area contributed by atoms with Crippen molar-refractivity contribution < 1.29 is 4.79 Å². The Morgan fingerprint density at radius 1 is 1.29 bits per heavy atom. The fourth-order valence-corrected chi connectivity index (χ4v) is 2.42. The Labute approximate surface area is 126 Å². The van der Waals surface area contributed by atoms with Crippen LogP contribution in [-0.4, -0.2) is 70.0 Å². The van der Waals surface area contributed by atoms with Gasteiger partial charge in [-0.05, 0) is 18.9 Å². The van der Waals surface area contributed by atoms with Crippen LogP contribution in [0.2, 0.25) is 0 Å². The van der Waals surface area contributed by atoms with E-state index in [1.54, 1.807) is 10.9 Å². The van der Waals surface area contributed by atoms with Gasteiger partial charge in [0, 0.05) is 32.7 Å². The zero-order chi connectivity index (χ0) is 15.2. The molecule has 0 saturated carbocycles. The van der Waals surface area contributed by atoms with Crippen molar-refractivity contribution in [1.29, 1.82) is 0 Å². The van der Waals surface area contributed by atoms with Crippen molar-refractivity contribution in [1.82, 2.24) is 24.8 Å². The molecule has 2 N–H and O–H groups in total. The van der Waals surface area contributed by atoms with Crippen molar-refractivity contribution in [3.8, 4) is 0 Å². The smallest absolute Gasteiger partial charge is 0.276 e. The Morgan fingerprint density at radius 3 is 2.62 bits per heavy atom. The Bertz CT molecular complexity index is 450. The lowest BCUT2D eigenvalue weighted by Gasteiger charge is -2.34. The van der Waals surface area contributed by atoms with Gasteiger partial charge < -0.3 is 10.6 Å². The number of amides is 1. The quantitative estimate of drug-likeness (QED) is 0.801. The summed E-state index contributed by atoms with van der Waals surface area (Å²) in [6.07, 6.45) is 2.89. The predicted octanol–water partition coefficient (Wildman–Crippen LogP) is 0.0407. The molecule has 2 rings (SSSR count). The molecule has 0 aliphatic carbocycles. The summed E-state index contributed by atoms with van der Waals surface area (Å²) in [4.78, 5) is 16.6. The monoisotopic (exact) mass is 294 g/mol. The number of piperazine rings is 1. The third-order valence-electron chi connectivity index (χ3n) is 3.80. The van der Waals surface area contributed by atoms with Gasteiger partial charge in [0.1, 0.15) is 0 Å². The van der Waals surface area contributed by atoms with Crippen LogP contribution in [0, 0.1) is 5.92 Å². The number of nitrogens with zero attached hydrogens (tertiary/aromatic N) is 5. The van der Waals surface area contributed by atoms with Crippen LogP contribution in [0.4, 0.5) is 0 Å². The third-order valence-corrected chi connectivity index (χ3v) is 3.80. The van der Waals surface area contributed by atoms with E-state index in [9.17, 15) is 4.79 Å². The number of carbonyl (C=O) groups is 1. The summed E-state index contributed by atoms with van der Waals surface area (Å²) in [7, 11) is 0. The van der Waals surface area contributed by atoms with Gasteiger partial charge in [-0.15, -0.1) is 5.10 Å². The molecule has 1 amide bonds. The predicted molar refractivity (Wildman–Crippen MR) is 80.9 cm³/mol. The SMILES string of the molecule is CC(C)CCN1CCN(C(=O)c2cn(CCN)nn2)CC1. The van der Waals surface area contributed by atoms with E-state index < -0.39 is 0 Å². The van der Waals surface area contributed by atoms with E-state index in [1.165, 1.54) is 6.42 Å². The molecule has 0 radical (unpaired) electrons. The molecule has 0 spiro atoms. The highest BCUT2D eigenvalue weighted by molar-refractivity contribution is 5.92. The van der Waals surface area contributed by atoms with Gasteiger partial charge in [-0.3, -0.25) is 14.4 Å². The first-order chi connectivity index (χ1) is 10.1. The Balaban J connectivity index is 1.82. The van der Waals surface area contributed by atoms with E-state index >= 15 is 0 Å². The Morgan fingerprint density at radius 2 is 2.00 bits per heavy atom. The second kappa shape index (κ2) is 7.51. The lowest BCUT2D eigenvalue weighted by Crippen LogP contribution is -2.49. The summed E-state index contributed by atoms with van der Waals surface area (Å²) in [6.45, 7) is 10.1. The molecule has 1 aromatic rings. The largest absolute Gasteiger partial charge is 0.335 e. The molecule has 0 bridgehead atoms. The number of carbonyl (C=O) groups excluding carboxylic acids is 1. The molecular weight excluding hydrogens is 268 g/mol. The molecule has 7 heteroatoms. The van der Waals surface area contributed by atoms with Gasteiger partial charge in [0.2, 0.25) is 0 Å². The maximum absolute atomic E-state index is 12.4. The van der Waals surface area contributed by atoms with Gasteiger partial charge in [-0.1, -0.05) is 19.1 Å². The second-order valence-corrected chi connectivity index (χ2v) is 5.97. The summed E-state index contributed by atoms with van der Waals surface area (Å²) in [6, 6.07) is 0. The van der Waals surface area contributed by atoms with Gasteiger partial charge >= 0.3 is 0 Å². The number of nitrogens with two attached hydrogens (primary N) is 1. The second-order valence-electron chi connectivity index (χ2n) is 5.97. The van der Waals surface area contributed by atoms with Crippen LogP contribution < -0.4 is 5.73 Å². The van der Waals surface area contributed by atoms with Crippen molar-refractivity contribution in [3.63, 3.8) is 0 Å². The molecule has 1 aliphatic heterocycles. The van der Waals surface area contributed by atoms with E-state index in [0.29, 0.717) is 18.8 Å². The first-order valence-electron chi connectivity index (χ1n) is 7.72. The highest BCUT2D eigenvalue weighted by atomic mass is 16.2. The molecule has 1 aromatic heterocycles. The minimum Gasteiger partial charge on any atom is -0.335 e. The molecule has 2 heterocycles. The lowest BCUT2D eigenvalue weighted by atomic mass is 10.1.